The summed E-state index contributed by atoms with van der Waals surface area (Å²) in [6.45, 7) is 2.00. The van der Waals surface area contributed by atoms with E-state index in [9.17, 15) is 10.2 Å². The van der Waals surface area contributed by atoms with Crippen molar-refractivity contribution >= 4 is 11.3 Å². The van der Waals surface area contributed by atoms with Crippen molar-refractivity contribution in [1.82, 2.24) is 4.90 Å². The van der Waals surface area contributed by atoms with Crippen LogP contribution >= 0.6 is 11.3 Å². The van der Waals surface area contributed by atoms with E-state index in [0.717, 1.165) is 6.54 Å². The fraction of sp³-hybridized carbons (Fsp3) is 0.556. The van der Waals surface area contributed by atoms with Crippen molar-refractivity contribution in [3.8, 4) is 0 Å². The van der Waals surface area contributed by atoms with E-state index in [1.54, 1.807) is 11.3 Å². The van der Waals surface area contributed by atoms with Gasteiger partial charge in [0.25, 0.3) is 0 Å². The largest absolute Gasteiger partial charge is 0.389 e. The SMILES string of the molecule is O[C@@H]1CN(Cc2cccs2)C[C@@H]1O. The van der Waals surface area contributed by atoms with Gasteiger partial charge in [0, 0.05) is 24.5 Å². The van der Waals surface area contributed by atoms with E-state index in [-0.39, 0.29) is 0 Å². The van der Waals surface area contributed by atoms with Crippen molar-refractivity contribution in [2.45, 2.75) is 18.8 Å². The Bertz CT molecular complexity index is 253. The fourth-order valence-corrected chi connectivity index (χ4v) is 2.35. The van der Waals surface area contributed by atoms with Gasteiger partial charge in [-0.2, -0.15) is 0 Å². The van der Waals surface area contributed by atoms with Gasteiger partial charge in [0.15, 0.2) is 0 Å². The third-order valence-electron chi connectivity index (χ3n) is 2.29. The average molecular weight is 199 g/mol. The first-order valence-corrected chi connectivity index (χ1v) is 5.24. The molecule has 0 unspecified atom stereocenters. The molecule has 4 heteroatoms. The van der Waals surface area contributed by atoms with Gasteiger partial charge in [-0.1, -0.05) is 6.07 Å². The summed E-state index contributed by atoms with van der Waals surface area (Å²) >= 11 is 1.71. The number of nitrogens with zero attached hydrogens (tertiary/aromatic N) is 1. The molecule has 2 atom stereocenters. The number of aliphatic hydroxyl groups excluding tert-OH is 2. The summed E-state index contributed by atoms with van der Waals surface area (Å²) in [6.07, 6.45) is -1.14. The van der Waals surface area contributed by atoms with Gasteiger partial charge in [-0.05, 0) is 11.4 Å². The van der Waals surface area contributed by atoms with E-state index < -0.39 is 12.2 Å². The molecule has 2 N–H and O–H groups in total. The van der Waals surface area contributed by atoms with Crippen LogP contribution in [0.2, 0.25) is 0 Å². The van der Waals surface area contributed by atoms with E-state index in [1.165, 1.54) is 4.88 Å². The first-order valence-electron chi connectivity index (χ1n) is 4.36. The Morgan fingerprint density at radius 1 is 1.38 bits per heavy atom. The second-order valence-corrected chi connectivity index (χ2v) is 4.44. The van der Waals surface area contributed by atoms with Crippen molar-refractivity contribution in [1.29, 1.82) is 0 Å². The number of aliphatic hydroxyl groups is 2. The molecule has 1 fully saturated rings. The number of hydrogen-bond donors (Lipinski definition) is 2. The van der Waals surface area contributed by atoms with E-state index in [0.29, 0.717) is 13.1 Å². The Labute approximate surface area is 81.2 Å². The third kappa shape index (κ3) is 2.08. The van der Waals surface area contributed by atoms with Gasteiger partial charge in [-0.15, -0.1) is 11.3 Å². The molecule has 0 aliphatic carbocycles. The molecule has 2 rings (SSSR count). The normalized spacial score (nSPS) is 29.7. The highest BCUT2D eigenvalue weighted by Gasteiger charge is 2.29. The Balaban J connectivity index is 1.91. The molecule has 3 nitrogen and oxygen atoms in total. The van der Waals surface area contributed by atoms with Gasteiger partial charge in [0.1, 0.15) is 0 Å². The summed E-state index contributed by atoms with van der Waals surface area (Å²) in [4.78, 5) is 3.35. The molecule has 0 amide bonds. The van der Waals surface area contributed by atoms with Crippen LogP contribution in [0.5, 0.6) is 0 Å². The maximum absolute atomic E-state index is 9.31. The standard InChI is InChI=1S/C9H13NO2S/c11-8-5-10(6-9(8)12)4-7-2-1-3-13-7/h1-3,8-9,11-12H,4-6H2/t8-,9+. The average Bonchev–Trinajstić information content (AvgIpc) is 2.64. The first-order chi connectivity index (χ1) is 6.25. The monoisotopic (exact) mass is 199 g/mol. The molecule has 0 spiro atoms. The molecule has 0 radical (unpaired) electrons. The predicted molar refractivity (Wildman–Crippen MR) is 51.6 cm³/mol. The van der Waals surface area contributed by atoms with Crippen LogP contribution in [-0.2, 0) is 6.54 Å². The molecule has 1 aromatic heterocycles. The minimum Gasteiger partial charge on any atom is -0.389 e. The van der Waals surface area contributed by atoms with Crippen LogP contribution in [0.25, 0.3) is 0 Å². The van der Waals surface area contributed by atoms with Crippen LogP contribution in [0, 0.1) is 0 Å². The minimum absolute atomic E-state index is 0.569. The molecule has 1 aliphatic rings. The van der Waals surface area contributed by atoms with Crippen molar-refractivity contribution in [3.05, 3.63) is 22.4 Å². The van der Waals surface area contributed by atoms with E-state index >= 15 is 0 Å². The Hall–Kier alpha value is -0.420. The number of rotatable bonds is 2. The van der Waals surface area contributed by atoms with Gasteiger partial charge in [-0.25, -0.2) is 0 Å². The van der Waals surface area contributed by atoms with E-state index in [4.69, 9.17) is 0 Å². The maximum Gasteiger partial charge on any atom is 0.0938 e. The summed E-state index contributed by atoms with van der Waals surface area (Å²) in [5, 5.41) is 20.7. The summed E-state index contributed by atoms with van der Waals surface area (Å²) in [7, 11) is 0. The summed E-state index contributed by atoms with van der Waals surface area (Å²) < 4.78 is 0. The van der Waals surface area contributed by atoms with E-state index in [2.05, 4.69) is 11.0 Å². The highest BCUT2D eigenvalue weighted by Crippen LogP contribution is 2.16. The lowest BCUT2D eigenvalue weighted by Crippen LogP contribution is -2.22. The van der Waals surface area contributed by atoms with Crippen molar-refractivity contribution in [2.75, 3.05) is 13.1 Å². The zero-order valence-corrected chi connectivity index (χ0v) is 8.07. The topological polar surface area (TPSA) is 43.7 Å². The second kappa shape index (κ2) is 3.75. The van der Waals surface area contributed by atoms with Crippen LogP contribution in [0.3, 0.4) is 0 Å². The van der Waals surface area contributed by atoms with Gasteiger partial charge < -0.3 is 10.2 Å². The lowest BCUT2D eigenvalue weighted by molar-refractivity contribution is 0.0572. The first kappa shape index (κ1) is 9.15. The molecular weight excluding hydrogens is 186 g/mol. The van der Waals surface area contributed by atoms with Gasteiger partial charge in [0.2, 0.25) is 0 Å². The Morgan fingerprint density at radius 3 is 2.62 bits per heavy atom. The summed E-state index contributed by atoms with van der Waals surface area (Å²) in [5.74, 6) is 0. The Morgan fingerprint density at radius 2 is 2.08 bits per heavy atom. The molecule has 72 valence electrons. The van der Waals surface area contributed by atoms with Crippen LogP contribution in [0.15, 0.2) is 17.5 Å². The highest BCUT2D eigenvalue weighted by atomic mass is 32.1. The van der Waals surface area contributed by atoms with Crippen LogP contribution < -0.4 is 0 Å². The molecule has 0 aromatic carbocycles. The quantitative estimate of drug-likeness (QED) is 0.719. The molecule has 1 saturated heterocycles. The molecule has 0 bridgehead atoms. The van der Waals surface area contributed by atoms with Crippen molar-refractivity contribution < 1.29 is 10.2 Å². The van der Waals surface area contributed by atoms with Gasteiger partial charge in [0.05, 0.1) is 12.2 Å². The lowest BCUT2D eigenvalue weighted by atomic mass is 10.3. The smallest absolute Gasteiger partial charge is 0.0938 e. The van der Waals surface area contributed by atoms with Crippen molar-refractivity contribution in [3.63, 3.8) is 0 Å². The number of thiophene rings is 1. The van der Waals surface area contributed by atoms with E-state index in [1.807, 2.05) is 11.4 Å². The fourth-order valence-electron chi connectivity index (χ4n) is 1.60. The van der Waals surface area contributed by atoms with Gasteiger partial charge in [-0.3, -0.25) is 4.90 Å². The molecule has 2 heterocycles. The van der Waals surface area contributed by atoms with Crippen LogP contribution in [0.4, 0.5) is 0 Å². The molecule has 1 aliphatic heterocycles. The van der Waals surface area contributed by atoms with Gasteiger partial charge >= 0.3 is 0 Å². The van der Waals surface area contributed by atoms with Crippen molar-refractivity contribution in [2.24, 2.45) is 0 Å². The van der Waals surface area contributed by atoms with Crippen LogP contribution in [0.1, 0.15) is 4.88 Å². The van der Waals surface area contributed by atoms with Crippen LogP contribution in [-0.4, -0.2) is 40.4 Å². The summed E-state index contributed by atoms with van der Waals surface area (Å²) in [5.41, 5.74) is 0. The zero-order chi connectivity index (χ0) is 9.26. The number of β-amino-alcohol motifs (C(OH)–C–C–N with tert-alkyl or cyclic N) is 2. The molecule has 13 heavy (non-hydrogen) atoms. The highest BCUT2D eigenvalue weighted by molar-refractivity contribution is 7.09. The second-order valence-electron chi connectivity index (χ2n) is 3.41. The minimum atomic E-state index is -0.569. The third-order valence-corrected chi connectivity index (χ3v) is 3.16. The predicted octanol–water partition coefficient (Wildman–Crippen LogP) is 0.286. The molecular formula is C9H13NO2S. The lowest BCUT2D eigenvalue weighted by Gasteiger charge is -2.12. The summed E-state index contributed by atoms with van der Waals surface area (Å²) in [6, 6.07) is 4.09. The molecule has 0 saturated carbocycles. The number of likely N-dealkylation sites (tertiary alicyclic amines) is 1. The number of hydrogen-bond acceptors (Lipinski definition) is 4. The maximum atomic E-state index is 9.31. The zero-order valence-electron chi connectivity index (χ0n) is 7.26. The Kier molecular flexibility index (Phi) is 2.64. The molecule has 1 aromatic rings.